The Morgan fingerprint density at radius 3 is 2.25 bits per heavy atom. The fourth-order valence-corrected chi connectivity index (χ4v) is 8.01. The van der Waals surface area contributed by atoms with Gasteiger partial charge >= 0.3 is 12.1 Å². The third-order valence-electron chi connectivity index (χ3n) is 10.4. The summed E-state index contributed by atoms with van der Waals surface area (Å²) in [5, 5.41) is 12.6. The first-order chi connectivity index (χ1) is 23.2. The first kappa shape index (κ1) is 36.0. The van der Waals surface area contributed by atoms with Crippen molar-refractivity contribution in [2.75, 3.05) is 58.2 Å². The van der Waals surface area contributed by atoms with Crippen molar-refractivity contribution >= 4 is 39.6 Å². The van der Waals surface area contributed by atoms with E-state index in [2.05, 4.69) is 32.2 Å². The molecular weight excluding hydrogens is 674 g/mol. The molecule has 4 amide bonds. The lowest BCUT2D eigenvalue weighted by atomic mass is 9.99. The minimum absolute atomic E-state index is 0.0316. The van der Waals surface area contributed by atoms with Crippen LogP contribution in [0.5, 0.6) is 5.75 Å². The predicted molar refractivity (Wildman–Crippen MR) is 191 cm³/mol. The van der Waals surface area contributed by atoms with Gasteiger partial charge in [-0.3, -0.25) is 9.69 Å². The summed E-state index contributed by atoms with van der Waals surface area (Å²) in [4.78, 5) is 45.1. The lowest BCUT2D eigenvalue weighted by molar-refractivity contribution is -0.137. The molecule has 2 N–H and O–H groups in total. The molecule has 0 spiro atoms. The monoisotopic (exact) mass is 725 g/mol. The number of rotatable bonds is 5. The van der Waals surface area contributed by atoms with Crippen molar-refractivity contribution < 1.29 is 24.2 Å². The summed E-state index contributed by atoms with van der Waals surface area (Å²) in [5.41, 5.74) is 3.15. The maximum Gasteiger partial charge on any atom is 0.409 e. The molecule has 0 unspecified atom stereocenters. The molecule has 2 aromatic carbocycles. The largest absolute Gasteiger partial charge is 0.507 e. The maximum absolute atomic E-state index is 12.8. The molecule has 262 valence electrons. The number of likely N-dealkylation sites (tertiary alicyclic amines) is 1. The summed E-state index contributed by atoms with van der Waals surface area (Å²) >= 11 is 3.35. The second-order valence-electron chi connectivity index (χ2n) is 13.6. The first-order valence-electron chi connectivity index (χ1n) is 17.7. The van der Waals surface area contributed by atoms with Crippen molar-refractivity contribution in [3.63, 3.8) is 0 Å². The number of phenolic OH excluding ortho intramolecular Hbond substituents is 1. The zero-order chi connectivity index (χ0) is 34.0. The molecule has 0 aromatic heterocycles. The Morgan fingerprint density at radius 2 is 1.58 bits per heavy atom. The molecule has 11 heteroatoms. The van der Waals surface area contributed by atoms with E-state index in [4.69, 9.17) is 4.74 Å². The molecular formula is C37H52BrN5O5. The van der Waals surface area contributed by atoms with Gasteiger partial charge in [0, 0.05) is 69.5 Å². The van der Waals surface area contributed by atoms with Crippen LogP contribution in [0.1, 0.15) is 69.4 Å². The number of halogens is 1. The molecule has 3 heterocycles. The molecule has 2 aromatic rings. The topological polar surface area (TPSA) is 106 Å². The third kappa shape index (κ3) is 9.43. The van der Waals surface area contributed by atoms with Crippen molar-refractivity contribution in [3.8, 4) is 5.75 Å². The lowest BCUT2D eigenvalue weighted by Gasteiger charge is -2.40. The number of hydrogen-bond donors (Lipinski definition) is 2. The molecule has 1 saturated carbocycles. The number of piperidine rings is 1. The summed E-state index contributed by atoms with van der Waals surface area (Å²) in [6.07, 6.45) is 11.0. The Kier molecular flexibility index (Phi) is 13.0. The minimum atomic E-state index is -0.286. The Morgan fingerprint density at radius 1 is 0.896 bits per heavy atom. The van der Waals surface area contributed by atoms with Crippen LogP contribution in [0.25, 0.3) is 0 Å². The van der Waals surface area contributed by atoms with Gasteiger partial charge in [-0.05, 0) is 83.8 Å². The normalized spacial score (nSPS) is 20.4. The number of nitrogens with one attached hydrogen (secondary N) is 1. The van der Waals surface area contributed by atoms with Crippen molar-refractivity contribution in [3.05, 3.63) is 58.1 Å². The van der Waals surface area contributed by atoms with Crippen LogP contribution in [0.15, 0.2) is 46.9 Å². The Bertz CT molecular complexity index is 1380. The quantitative estimate of drug-likeness (QED) is 0.341. The van der Waals surface area contributed by atoms with Gasteiger partial charge in [-0.25, -0.2) is 9.59 Å². The number of ether oxygens (including phenoxy) is 1. The number of carbonyl (C=O) groups excluding carboxylic acids is 3. The van der Waals surface area contributed by atoms with E-state index < -0.39 is 0 Å². The number of amides is 4. The predicted octanol–water partition coefficient (Wildman–Crippen LogP) is 6.51. The summed E-state index contributed by atoms with van der Waals surface area (Å²) < 4.78 is 5.43. The van der Waals surface area contributed by atoms with E-state index in [1.54, 1.807) is 11.0 Å². The highest BCUT2D eigenvalue weighted by atomic mass is 79.9. The second-order valence-corrected chi connectivity index (χ2v) is 14.5. The third-order valence-corrected chi connectivity index (χ3v) is 11.1. The van der Waals surface area contributed by atoms with Crippen LogP contribution in [0.4, 0.5) is 15.3 Å². The smallest absolute Gasteiger partial charge is 0.409 e. The van der Waals surface area contributed by atoms with E-state index in [1.807, 2.05) is 47.1 Å². The molecule has 1 atom stereocenters. The highest BCUT2D eigenvalue weighted by Gasteiger charge is 2.32. The van der Waals surface area contributed by atoms with E-state index >= 15 is 0 Å². The number of methoxy groups -OCH3 is 1. The summed E-state index contributed by atoms with van der Waals surface area (Å²) in [7, 11) is 1.40. The van der Waals surface area contributed by atoms with Gasteiger partial charge in [0.15, 0.2) is 0 Å². The van der Waals surface area contributed by atoms with Gasteiger partial charge in [0.1, 0.15) is 5.75 Å². The Balaban J connectivity index is 0.000000190. The lowest BCUT2D eigenvalue weighted by Crippen LogP contribution is -2.53. The zero-order valence-corrected chi connectivity index (χ0v) is 30.1. The highest BCUT2D eigenvalue weighted by molar-refractivity contribution is 9.10. The van der Waals surface area contributed by atoms with E-state index in [1.165, 1.54) is 51.2 Å². The van der Waals surface area contributed by atoms with Crippen LogP contribution in [-0.4, -0.2) is 108 Å². The molecule has 3 fully saturated rings. The summed E-state index contributed by atoms with van der Waals surface area (Å²) in [5.74, 6) is 0.466. The summed E-state index contributed by atoms with van der Waals surface area (Å²) in [6, 6.07) is 14.3. The van der Waals surface area contributed by atoms with Gasteiger partial charge in [0.05, 0.1) is 11.6 Å². The van der Waals surface area contributed by atoms with Crippen LogP contribution in [0, 0.1) is 5.92 Å². The number of piperazine rings is 1. The number of anilines is 1. The van der Waals surface area contributed by atoms with Crippen LogP contribution < -0.4 is 5.32 Å². The number of urea groups is 1. The molecule has 2 saturated heterocycles. The molecule has 10 nitrogen and oxygen atoms in total. The van der Waals surface area contributed by atoms with E-state index in [9.17, 15) is 19.5 Å². The molecule has 1 aliphatic carbocycles. The van der Waals surface area contributed by atoms with Gasteiger partial charge in [0.25, 0.3) is 0 Å². The fourth-order valence-electron chi connectivity index (χ4n) is 7.59. The molecule has 0 radical (unpaired) electrons. The SMILES string of the molecule is COC(=O)N1CCC(N2CCc3ccccc3NC2=O)CC1.C[C@H](Cc1ccc(O)c(Br)c1)C(=O)N1CCN(C2CCCCCC2)CC1. The van der Waals surface area contributed by atoms with Gasteiger partial charge < -0.3 is 29.9 Å². The summed E-state index contributed by atoms with van der Waals surface area (Å²) in [6.45, 7) is 7.76. The van der Waals surface area contributed by atoms with Crippen LogP contribution in [0.3, 0.4) is 0 Å². The average Bonchev–Trinajstić information content (AvgIpc) is 3.49. The van der Waals surface area contributed by atoms with Crippen LogP contribution in [-0.2, 0) is 22.4 Å². The minimum Gasteiger partial charge on any atom is -0.507 e. The van der Waals surface area contributed by atoms with Crippen molar-refractivity contribution in [2.45, 2.75) is 83.2 Å². The number of para-hydroxylation sites is 1. The van der Waals surface area contributed by atoms with Gasteiger partial charge in [0.2, 0.25) is 5.91 Å². The average molecular weight is 727 g/mol. The number of nitrogens with zero attached hydrogens (tertiary/aromatic N) is 4. The number of carbonyl (C=O) groups is 3. The number of phenols is 1. The second kappa shape index (κ2) is 17.4. The zero-order valence-electron chi connectivity index (χ0n) is 28.5. The molecule has 4 aliphatic rings. The van der Waals surface area contributed by atoms with Crippen molar-refractivity contribution in [2.24, 2.45) is 5.92 Å². The number of fused-ring (bicyclic) bond motifs is 1. The van der Waals surface area contributed by atoms with Crippen molar-refractivity contribution in [1.82, 2.24) is 19.6 Å². The molecule has 3 aliphatic heterocycles. The van der Waals surface area contributed by atoms with Gasteiger partial charge in [-0.2, -0.15) is 0 Å². The van der Waals surface area contributed by atoms with Crippen LogP contribution >= 0.6 is 15.9 Å². The van der Waals surface area contributed by atoms with Gasteiger partial charge in [-0.1, -0.05) is 56.9 Å². The highest BCUT2D eigenvalue weighted by Crippen LogP contribution is 2.27. The van der Waals surface area contributed by atoms with E-state index in [-0.39, 0.29) is 35.7 Å². The van der Waals surface area contributed by atoms with Crippen molar-refractivity contribution in [1.29, 1.82) is 0 Å². The molecule has 48 heavy (non-hydrogen) atoms. The number of benzene rings is 2. The molecule has 0 bridgehead atoms. The number of aromatic hydroxyl groups is 1. The standard InChI is InChI=1S/C21H31BrN2O2.C16H21N3O3/c1-16(14-17-8-9-20(25)19(22)15-17)21(26)24-12-10-23(11-13-24)18-6-4-2-3-5-7-18;1-22-16(21)18-9-7-13(8-10-18)19-11-6-12-4-2-3-5-14(12)17-15(19)20/h8-9,15-16,18,25H,2-7,10-14H2,1H3;2-5,13H,6-11H2,1H3,(H,17,20)/t16-;/m1./s1. The van der Waals surface area contributed by atoms with Gasteiger partial charge in [-0.15, -0.1) is 0 Å². The fraction of sp³-hybridized carbons (Fsp3) is 0.595. The Labute approximate surface area is 293 Å². The maximum atomic E-state index is 12.8. The number of hydrogen-bond acceptors (Lipinski definition) is 6. The van der Waals surface area contributed by atoms with Crippen LogP contribution in [0.2, 0.25) is 0 Å². The molecule has 6 rings (SSSR count). The Hall–Kier alpha value is -3.31. The first-order valence-corrected chi connectivity index (χ1v) is 18.5. The van der Waals surface area contributed by atoms with E-state index in [0.717, 1.165) is 62.7 Å². The van der Waals surface area contributed by atoms with E-state index in [0.29, 0.717) is 30.5 Å².